The van der Waals surface area contributed by atoms with E-state index < -0.39 is 0 Å². The van der Waals surface area contributed by atoms with Crippen molar-refractivity contribution in [3.63, 3.8) is 0 Å². The Labute approximate surface area is 121 Å². The second kappa shape index (κ2) is 5.88. The summed E-state index contributed by atoms with van der Waals surface area (Å²) in [4.78, 5) is 0. The number of halogens is 2. The normalized spacial score (nSPS) is 12.7. The monoisotopic (exact) mass is 325 g/mol. The molecule has 1 aromatic heterocycles. The predicted octanol–water partition coefficient (Wildman–Crippen LogP) is 4.83. The summed E-state index contributed by atoms with van der Waals surface area (Å²) in [6, 6.07) is 7.38. The number of furan rings is 1. The minimum atomic E-state index is -0.255. The van der Waals surface area contributed by atoms with Crippen LogP contribution in [0.3, 0.4) is 0 Å². The molecule has 2 rings (SSSR count). The number of nitrogens with one attached hydrogen (secondary N) is 1. The van der Waals surface area contributed by atoms with Gasteiger partial charge in [0.1, 0.15) is 17.3 Å². The van der Waals surface area contributed by atoms with Crippen molar-refractivity contribution in [2.45, 2.75) is 26.3 Å². The lowest BCUT2D eigenvalue weighted by atomic mass is 10.1. The highest BCUT2D eigenvalue weighted by Crippen LogP contribution is 2.32. The molecule has 0 saturated carbocycles. The molecular formula is C15H17BrFNO. The molecule has 0 aliphatic carbocycles. The van der Waals surface area contributed by atoms with Crippen LogP contribution in [-0.4, -0.2) is 7.05 Å². The Morgan fingerprint density at radius 1 is 1.37 bits per heavy atom. The molecule has 0 aliphatic rings. The standard InChI is InChI=1S/C15H17BrFNO/c1-4-13(18-3)15-6-5-14(19-15)10-8-11(16)12(17)7-9(10)2/h5-8,13,18H,4H2,1-3H3. The van der Waals surface area contributed by atoms with Crippen LogP contribution in [0, 0.1) is 12.7 Å². The Balaban J connectivity index is 2.40. The third-order valence-electron chi connectivity index (χ3n) is 3.26. The summed E-state index contributed by atoms with van der Waals surface area (Å²) >= 11 is 3.21. The van der Waals surface area contributed by atoms with Crippen LogP contribution in [0.25, 0.3) is 11.3 Å². The summed E-state index contributed by atoms with van der Waals surface area (Å²) in [6.07, 6.45) is 0.954. The number of benzene rings is 1. The molecule has 0 saturated heterocycles. The van der Waals surface area contributed by atoms with E-state index in [0.29, 0.717) is 4.47 Å². The molecule has 2 aromatic rings. The molecule has 4 heteroatoms. The van der Waals surface area contributed by atoms with Gasteiger partial charge in [-0.3, -0.25) is 0 Å². The number of rotatable bonds is 4. The zero-order valence-electron chi connectivity index (χ0n) is 11.3. The van der Waals surface area contributed by atoms with Gasteiger partial charge in [0.2, 0.25) is 0 Å². The minimum Gasteiger partial charge on any atom is -0.459 e. The Bertz CT molecular complexity index is 576. The fraction of sp³-hybridized carbons (Fsp3) is 0.333. The van der Waals surface area contributed by atoms with Gasteiger partial charge in [-0.25, -0.2) is 4.39 Å². The summed E-state index contributed by atoms with van der Waals surface area (Å²) in [5.41, 5.74) is 1.77. The van der Waals surface area contributed by atoms with E-state index in [-0.39, 0.29) is 11.9 Å². The summed E-state index contributed by atoms with van der Waals surface area (Å²) in [7, 11) is 1.91. The topological polar surface area (TPSA) is 25.2 Å². The lowest BCUT2D eigenvalue weighted by Gasteiger charge is -2.10. The van der Waals surface area contributed by atoms with Crippen LogP contribution < -0.4 is 5.32 Å². The molecule has 1 heterocycles. The molecule has 2 nitrogen and oxygen atoms in total. The van der Waals surface area contributed by atoms with Gasteiger partial charge in [0.25, 0.3) is 0 Å². The number of hydrogen-bond donors (Lipinski definition) is 1. The lowest BCUT2D eigenvalue weighted by molar-refractivity contribution is 0.431. The molecule has 0 amide bonds. The second-order valence-electron chi connectivity index (χ2n) is 4.53. The summed E-state index contributed by atoms with van der Waals surface area (Å²) in [5, 5.41) is 3.20. The largest absolute Gasteiger partial charge is 0.459 e. The Hall–Kier alpha value is -1.13. The molecule has 102 valence electrons. The second-order valence-corrected chi connectivity index (χ2v) is 5.39. The van der Waals surface area contributed by atoms with Gasteiger partial charge in [0.15, 0.2) is 0 Å². The predicted molar refractivity (Wildman–Crippen MR) is 78.6 cm³/mol. The van der Waals surface area contributed by atoms with Crippen molar-refractivity contribution >= 4 is 15.9 Å². The number of hydrogen-bond acceptors (Lipinski definition) is 2. The molecule has 19 heavy (non-hydrogen) atoms. The van der Waals surface area contributed by atoms with E-state index in [1.807, 2.05) is 26.1 Å². The van der Waals surface area contributed by atoms with Crippen molar-refractivity contribution in [3.8, 4) is 11.3 Å². The van der Waals surface area contributed by atoms with Crippen LogP contribution in [0.15, 0.2) is 33.2 Å². The lowest BCUT2D eigenvalue weighted by Crippen LogP contribution is -2.14. The molecule has 0 aliphatic heterocycles. The Morgan fingerprint density at radius 2 is 2.11 bits per heavy atom. The first kappa shape index (κ1) is 14.3. The van der Waals surface area contributed by atoms with Crippen LogP contribution in [0.4, 0.5) is 4.39 Å². The van der Waals surface area contributed by atoms with Crippen LogP contribution in [0.5, 0.6) is 0 Å². The molecule has 0 radical (unpaired) electrons. The first-order valence-electron chi connectivity index (χ1n) is 6.29. The average molecular weight is 326 g/mol. The van der Waals surface area contributed by atoms with Crippen molar-refractivity contribution in [3.05, 3.63) is 45.9 Å². The van der Waals surface area contributed by atoms with Crippen molar-refractivity contribution in [2.75, 3.05) is 7.05 Å². The molecule has 1 unspecified atom stereocenters. The van der Waals surface area contributed by atoms with Gasteiger partial charge in [-0.2, -0.15) is 0 Å². The van der Waals surface area contributed by atoms with Gasteiger partial charge in [0, 0.05) is 5.56 Å². The zero-order chi connectivity index (χ0) is 14.0. The fourth-order valence-corrected chi connectivity index (χ4v) is 2.49. The van der Waals surface area contributed by atoms with Crippen LogP contribution in [-0.2, 0) is 0 Å². The first-order chi connectivity index (χ1) is 9.06. The quantitative estimate of drug-likeness (QED) is 0.871. The van der Waals surface area contributed by atoms with E-state index in [1.54, 1.807) is 6.07 Å². The van der Waals surface area contributed by atoms with Gasteiger partial charge in [-0.15, -0.1) is 0 Å². The highest BCUT2D eigenvalue weighted by atomic mass is 79.9. The molecule has 1 atom stereocenters. The summed E-state index contributed by atoms with van der Waals surface area (Å²) in [5.74, 6) is 1.41. The van der Waals surface area contributed by atoms with Gasteiger partial charge in [0.05, 0.1) is 10.5 Å². The number of aryl methyl sites for hydroxylation is 1. The van der Waals surface area contributed by atoms with E-state index in [2.05, 4.69) is 28.2 Å². The maximum absolute atomic E-state index is 13.4. The van der Waals surface area contributed by atoms with E-state index >= 15 is 0 Å². The molecular weight excluding hydrogens is 309 g/mol. The molecule has 0 spiro atoms. The van der Waals surface area contributed by atoms with E-state index in [0.717, 1.165) is 29.1 Å². The SMILES string of the molecule is CCC(NC)c1ccc(-c2cc(Br)c(F)cc2C)o1. The third kappa shape index (κ3) is 2.90. The average Bonchev–Trinajstić information content (AvgIpc) is 2.85. The van der Waals surface area contributed by atoms with Gasteiger partial charge in [-0.05, 0) is 66.2 Å². The van der Waals surface area contributed by atoms with Crippen LogP contribution in [0.1, 0.15) is 30.7 Å². The highest BCUT2D eigenvalue weighted by Gasteiger charge is 2.14. The Morgan fingerprint density at radius 3 is 2.74 bits per heavy atom. The van der Waals surface area contributed by atoms with Crippen molar-refractivity contribution < 1.29 is 8.81 Å². The van der Waals surface area contributed by atoms with E-state index in [4.69, 9.17) is 4.42 Å². The van der Waals surface area contributed by atoms with E-state index in [9.17, 15) is 4.39 Å². The van der Waals surface area contributed by atoms with Crippen LogP contribution in [0.2, 0.25) is 0 Å². The first-order valence-corrected chi connectivity index (χ1v) is 7.09. The summed E-state index contributed by atoms with van der Waals surface area (Å²) in [6.45, 7) is 3.98. The van der Waals surface area contributed by atoms with Crippen molar-refractivity contribution in [1.82, 2.24) is 5.32 Å². The van der Waals surface area contributed by atoms with Crippen molar-refractivity contribution in [1.29, 1.82) is 0 Å². The maximum atomic E-state index is 13.4. The zero-order valence-corrected chi connectivity index (χ0v) is 12.8. The maximum Gasteiger partial charge on any atom is 0.137 e. The van der Waals surface area contributed by atoms with Gasteiger partial charge < -0.3 is 9.73 Å². The molecule has 0 bridgehead atoms. The summed E-state index contributed by atoms with van der Waals surface area (Å²) < 4.78 is 19.8. The fourth-order valence-electron chi connectivity index (χ4n) is 2.14. The van der Waals surface area contributed by atoms with E-state index in [1.165, 1.54) is 6.07 Å². The Kier molecular flexibility index (Phi) is 4.42. The molecule has 1 aromatic carbocycles. The van der Waals surface area contributed by atoms with Gasteiger partial charge >= 0.3 is 0 Å². The van der Waals surface area contributed by atoms with Gasteiger partial charge in [-0.1, -0.05) is 6.92 Å². The third-order valence-corrected chi connectivity index (χ3v) is 3.87. The highest BCUT2D eigenvalue weighted by molar-refractivity contribution is 9.10. The molecule has 1 N–H and O–H groups in total. The minimum absolute atomic E-state index is 0.206. The molecule has 0 fully saturated rings. The van der Waals surface area contributed by atoms with Crippen LogP contribution >= 0.6 is 15.9 Å². The van der Waals surface area contributed by atoms with Crippen molar-refractivity contribution in [2.24, 2.45) is 0 Å². The smallest absolute Gasteiger partial charge is 0.137 e.